The number of nitrogens with zero attached hydrogens (tertiary/aromatic N) is 2. The van der Waals surface area contributed by atoms with Crippen molar-refractivity contribution >= 4 is 5.91 Å². The second-order valence-electron chi connectivity index (χ2n) is 6.65. The van der Waals surface area contributed by atoms with Crippen molar-refractivity contribution in [1.29, 1.82) is 5.26 Å². The fraction of sp³-hybridized carbons (Fsp3) is 0.364. The average molecular weight is 382 g/mol. The van der Waals surface area contributed by atoms with Crippen molar-refractivity contribution in [3.8, 4) is 23.3 Å². The number of methoxy groups -OCH3 is 1. The number of benzene rings is 2. The summed E-state index contributed by atoms with van der Waals surface area (Å²) in [6, 6.07) is 16.4. The summed E-state index contributed by atoms with van der Waals surface area (Å²) in [5.41, 5.74) is 0.406. The van der Waals surface area contributed by atoms with Crippen LogP contribution < -0.4 is 14.2 Å². The van der Waals surface area contributed by atoms with E-state index in [-0.39, 0.29) is 11.8 Å². The summed E-state index contributed by atoms with van der Waals surface area (Å²) in [5, 5.41) is 9.23. The molecule has 2 aromatic rings. The van der Waals surface area contributed by atoms with Gasteiger partial charge < -0.3 is 19.1 Å². The Balaban J connectivity index is 1.99. The van der Waals surface area contributed by atoms with Crippen LogP contribution in [0, 0.1) is 17.2 Å². The maximum absolute atomic E-state index is 12.9. The van der Waals surface area contributed by atoms with E-state index in [4.69, 9.17) is 14.2 Å². The van der Waals surface area contributed by atoms with Crippen molar-refractivity contribution in [3.05, 3.63) is 54.1 Å². The van der Waals surface area contributed by atoms with Crippen LogP contribution in [0.1, 0.15) is 19.4 Å². The maximum atomic E-state index is 12.9. The van der Waals surface area contributed by atoms with Gasteiger partial charge in [-0.05, 0) is 30.2 Å². The molecule has 1 unspecified atom stereocenters. The van der Waals surface area contributed by atoms with Crippen LogP contribution in [0.4, 0.5) is 0 Å². The summed E-state index contributed by atoms with van der Waals surface area (Å²) >= 11 is 0. The molecule has 2 aromatic carbocycles. The number of likely N-dealkylation sites (N-methyl/N-ethyl adjacent to an activating group) is 1. The van der Waals surface area contributed by atoms with Gasteiger partial charge in [-0.15, -0.1) is 0 Å². The van der Waals surface area contributed by atoms with Crippen molar-refractivity contribution in [1.82, 2.24) is 4.90 Å². The molecule has 0 heterocycles. The Bertz CT molecular complexity index is 829. The van der Waals surface area contributed by atoms with Crippen LogP contribution in [-0.2, 0) is 4.79 Å². The minimum Gasteiger partial charge on any atom is -0.493 e. The van der Waals surface area contributed by atoms with Crippen LogP contribution in [0.2, 0.25) is 0 Å². The Morgan fingerprint density at radius 3 is 2.29 bits per heavy atom. The Morgan fingerprint density at radius 1 is 1.07 bits per heavy atom. The van der Waals surface area contributed by atoms with Crippen LogP contribution in [0.3, 0.4) is 0 Å². The third-order valence-corrected chi connectivity index (χ3v) is 4.24. The van der Waals surface area contributed by atoms with Crippen LogP contribution in [0.5, 0.6) is 17.2 Å². The Labute approximate surface area is 166 Å². The van der Waals surface area contributed by atoms with Crippen LogP contribution in [0.15, 0.2) is 48.5 Å². The maximum Gasteiger partial charge on any atom is 0.263 e. The number of rotatable bonds is 9. The highest BCUT2D eigenvalue weighted by Crippen LogP contribution is 2.26. The molecule has 148 valence electrons. The molecule has 0 aliphatic rings. The summed E-state index contributed by atoms with van der Waals surface area (Å²) in [4.78, 5) is 14.5. The third kappa shape index (κ3) is 5.40. The smallest absolute Gasteiger partial charge is 0.263 e. The van der Waals surface area contributed by atoms with Crippen LogP contribution >= 0.6 is 0 Å². The quantitative estimate of drug-likeness (QED) is 0.664. The summed E-state index contributed by atoms with van der Waals surface area (Å²) in [6.45, 7) is 4.54. The van der Waals surface area contributed by atoms with Gasteiger partial charge in [0.15, 0.2) is 17.6 Å². The molecule has 0 N–H and O–H groups in total. The van der Waals surface area contributed by atoms with E-state index in [2.05, 4.69) is 6.07 Å². The first-order valence-electron chi connectivity index (χ1n) is 9.14. The first-order chi connectivity index (χ1) is 13.5. The molecule has 0 aliphatic carbocycles. The number of hydrogen-bond acceptors (Lipinski definition) is 5. The van der Waals surface area contributed by atoms with E-state index >= 15 is 0 Å². The Morgan fingerprint density at radius 2 is 1.68 bits per heavy atom. The molecular formula is C22H26N2O4. The molecule has 0 saturated heterocycles. The zero-order valence-corrected chi connectivity index (χ0v) is 16.7. The fourth-order valence-corrected chi connectivity index (χ4v) is 2.63. The van der Waals surface area contributed by atoms with E-state index in [9.17, 15) is 10.1 Å². The second kappa shape index (κ2) is 10.2. The van der Waals surface area contributed by atoms with Crippen molar-refractivity contribution in [2.75, 3.05) is 27.3 Å². The predicted molar refractivity (Wildman–Crippen MR) is 107 cm³/mol. The molecule has 0 radical (unpaired) electrons. The standard InChI is InChI=1S/C22H26N2O4/c1-16(2)21(28-18-10-6-5-9-17(18)15-23)22(25)24(3)13-14-27-20-12-8-7-11-19(20)26-4/h5-12,16,21H,13-14H2,1-4H3. The highest BCUT2D eigenvalue weighted by molar-refractivity contribution is 5.81. The van der Waals surface area contributed by atoms with Gasteiger partial charge in [-0.25, -0.2) is 0 Å². The lowest BCUT2D eigenvalue weighted by Crippen LogP contribution is -2.44. The molecule has 6 nitrogen and oxygen atoms in total. The van der Waals surface area contributed by atoms with Gasteiger partial charge in [-0.1, -0.05) is 38.1 Å². The summed E-state index contributed by atoms with van der Waals surface area (Å²) in [5.74, 6) is 1.47. The average Bonchev–Trinajstić information content (AvgIpc) is 2.71. The zero-order valence-electron chi connectivity index (χ0n) is 16.7. The minimum absolute atomic E-state index is 0.0585. The molecule has 0 bridgehead atoms. The van der Waals surface area contributed by atoms with Gasteiger partial charge in [0, 0.05) is 7.05 Å². The van der Waals surface area contributed by atoms with Crippen molar-refractivity contribution in [2.45, 2.75) is 20.0 Å². The van der Waals surface area contributed by atoms with E-state index in [0.29, 0.717) is 36.0 Å². The van der Waals surface area contributed by atoms with Gasteiger partial charge in [-0.3, -0.25) is 4.79 Å². The number of para-hydroxylation sites is 3. The van der Waals surface area contributed by atoms with Crippen LogP contribution in [-0.4, -0.2) is 44.2 Å². The van der Waals surface area contributed by atoms with Crippen molar-refractivity contribution in [2.24, 2.45) is 5.92 Å². The molecule has 0 saturated carbocycles. The normalized spacial score (nSPS) is 11.4. The lowest BCUT2D eigenvalue weighted by Gasteiger charge is -2.27. The largest absolute Gasteiger partial charge is 0.493 e. The Kier molecular flexibility index (Phi) is 7.70. The fourth-order valence-electron chi connectivity index (χ4n) is 2.63. The number of hydrogen-bond donors (Lipinski definition) is 0. The molecule has 6 heteroatoms. The summed E-state index contributed by atoms with van der Waals surface area (Å²) in [7, 11) is 3.30. The molecule has 0 fully saturated rings. The highest BCUT2D eigenvalue weighted by atomic mass is 16.5. The SMILES string of the molecule is COc1ccccc1OCCN(C)C(=O)C(Oc1ccccc1C#N)C(C)C. The Hall–Kier alpha value is -3.20. The van der Waals surface area contributed by atoms with E-state index in [1.807, 2.05) is 38.1 Å². The molecule has 2 rings (SSSR count). The van der Waals surface area contributed by atoms with E-state index in [0.717, 1.165) is 0 Å². The summed E-state index contributed by atoms with van der Waals surface area (Å²) < 4.78 is 16.9. The highest BCUT2D eigenvalue weighted by Gasteiger charge is 2.28. The molecular weight excluding hydrogens is 356 g/mol. The first-order valence-corrected chi connectivity index (χ1v) is 9.14. The lowest BCUT2D eigenvalue weighted by atomic mass is 10.1. The monoisotopic (exact) mass is 382 g/mol. The second-order valence-corrected chi connectivity index (χ2v) is 6.65. The molecule has 0 aliphatic heterocycles. The first kappa shape index (κ1) is 21.1. The van der Waals surface area contributed by atoms with Gasteiger partial charge in [0.25, 0.3) is 5.91 Å². The number of carbonyl (C=O) groups is 1. The van der Waals surface area contributed by atoms with Gasteiger partial charge in [0.1, 0.15) is 18.4 Å². The van der Waals surface area contributed by atoms with E-state index in [1.54, 1.807) is 43.3 Å². The molecule has 0 spiro atoms. The number of carbonyl (C=O) groups excluding carboxylic acids is 1. The summed E-state index contributed by atoms with van der Waals surface area (Å²) in [6.07, 6.45) is -0.689. The van der Waals surface area contributed by atoms with Gasteiger partial charge in [-0.2, -0.15) is 5.26 Å². The van der Waals surface area contributed by atoms with Crippen molar-refractivity contribution < 1.29 is 19.0 Å². The van der Waals surface area contributed by atoms with E-state index < -0.39 is 6.10 Å². The molecule has 1 atom stereocenters. The number of ether oxygens (including phenoxy) is 3. The number of nitriles is 1. The van der Waals surface area contributed by atoms with Crippen LogP contribution in [0.25, 0.3) is 0 Å². The van der Waals surface area contributed by atoms with Gasteiger partial charge in [0.05, 0.1) is 19.2 Å². The third-order valence-electron chi connectivity index (χ3n) is 4.24. The lowest BCUT2D eigenvalue weighted by molar-refractivity contribution is -0.139. The topological polar surface area (TPSA) is 71.8 Å². The van der Waals surface area contributed by atoms with Crippen molar-refractivity contribution in [3.63, 3.8) is 0 Å². The molecule has 0 aromatic heterocycles. The molecule has 28 heavy (non-hydrogen) atoms. The van der Waals surface area contributed by atoms with Gasteiger partial charge >= 0.3 is 0 Å². The number of amides is 1. The minimum atomic E-state index is -0.689. The van der Waals surface area contributed by atoms with E-state index in [1.165, 1.54) is 0 Å². The zero-order chi connectivity index (χ0) is 20.5. The predicted octanol–water partition coefficient (Wildman–Crippen LogP) is 3.51. The molecule has 1 amide bonds. The van der Waals surface area contributed by atoms with Gasteiger partial charge in [0.2, 0.25) is 0 Å².